The molecule has 0 aliphatic rings. The van der Waals surface area contributed by atoms with E-state index in [0.29, 0.717) is 39.5 Å². The number of amides is 1. The molecule has 0 saturated carbocycles. The van der Waals surface area contributed by atoms with Gasteiger partial charge in [0.25, 0.3) is 5.91 Å². The topological polar surface area (TPSA) is 64.7 Å². The fraction of sp³-hybridized carbons (Fsp3) is 0.208. The zero-order chi connectivity index (χ0) is 23.7. The van der Waals surface area contributed by atoms with Crippen LogP contribution in [-0.2, 0) is 13.1 Å². The fourth-order valence-corrected chi connectivity index (χ4v) is 4.00. The molecule has 4 rings (SSSR count). The first-order valence-electron chi connectivity index (χ1n) is 10.3. The lowest BCUT2D eigenvalue weighted by atomic mass is 10.1. The number of hydrogen-bond donors (Lipinski definition) is 1. The summed E-state index contributed by atoms with van der Waals surface area (Å²) in [6.45, 7) is 6.77. The van der Waals surface area contributed by atoms with Gasteiger partial charge >= 0.3 is 0 Å². The number of carbonyl (C=O) groups is 1. The number of benzene rings is 2. The van der Waals surface area contributed by atoms with Gasteiger partial charge in [-0.1, -0.05) is 53.0 Å². The molecule has 2 heterocycles. The summed E-state index contributed by atoms with van der Waals surface area (Å²) < 4.78 is 3.64. The van der Waals surface area contributed by atoms with E-state index in [2.05, 4.69) is 15.5 Å². The summed E-state index contributed by atoms with van der Waals surface area (Å²) in [5, 5.41) is 13.5. The van der Waals surface area contributed by atoms with Gasteiger partial charge in [0, 0.05) is 17.3 Å². The van der Waals surface area contributed by atoms with Crippen LogP contribution in [-0.4, -0.2) is 25.5 Å². The van der Waals surface area contributed by atoms with Gasteiger partial charge in [0.15, 0.2) is 5.82 Å². The minimum absolute atomic E-state index is 0.234. The Morgan fingerprint density at radius 2 is 1.61 bits per heavy atom. The predicted octanol–water partition coefficient (Wildman–Crippen LogP) is 6.31. The maximum Gasteiger partial charge on any atom is 0.256 e. The van der Waals surface area contributed by atoms with Crippen LogP contribution in [0.2, 0.25) is 15.1 Å². The maximum absolute atomic E-state index is 12.9. The number of aryl methyl sites for hydroxylation is 2. The zero-order valence-electron chi connectivity index (χ0n) is 18.4. The minimum Gasteiger partial charge on any atom is -0.305 e. The molecule has 0 atom stereocenters. The molecule has 9 heteroatoms. The molecule has 0 spiro atoms. The van der Waals surface area contributed by atoms with Crippen molar-refractivity contribution in [2.45, 2.75) is 33.9 Å². The monoisotopic (exact) mass is 501 g/mol. The molecular weight excluding hydrogens is 481 g/mol. The van der Waals surface area contributed by atoms with Crippen LogP contribution >= 0.6 is 34.8 Å². The molecule has 4 aromatic rings. The molecule has 33 heavy (non-hydrogen) atoms. The molecule has 0 fully saturated rings. The van der Waals surface area contributed by atoms with Crippen molar-refractivity contribution in [3.8, 4) is 0 Å². The third-order valence-electron chi connectivity index (χ3n) is 5.35. The first kappa shape index (κ1) is 23.4. The van der Waals surface area contributed by atoms with Gasteiger partial charge in [0.1, 0.15) is 0 Å². The first-order chi connectivity index (χ1) is 15.7. The lowest BCUT2D eigenvalue weighted by Gasteiger charge is -2.08. The molecule has 2 aromatic heterocycles. The average molecular weight is 503 g/mol. The zero-order valence-corrected chi connectivity index (χ0v) is 20.6. The van der Waals surface area contributed by atoms with Crippen LogP contribution < -0.4 is 5.32 Å². The van der Waals surface area contributed by atoms with Crippen molar-refractivity contribution in [1.29, 1.82) is 0 Å². The van der Waals surface area contributed by atoms with Crippen LogP contribution in [0.25, 0.3) is 0 Å². The molecule has 1 N–H and O–H groups in total. The Hall–Kier alpha value is -2.80. The van der Waals surface area contributed by atoms with Crippen molar-refractivity contribution < 1.29 is 4.79 Å². The van der Waals surface area contributed by atoms with Gasteiger partial charge < -0.3 is 5.32 Å². The third-order valence-corrected chi connectivity index (χ3v) is 6.64. The summed E-state index contributed by atoms with van der Waals surface area (Å²) >= 11 is 18.4. The average Bonchev–Trinajstić information content (AvgIpc) is 3.24. The lowest BCUT2D eigenvalue weighted by molar-refractivity contribution is 0.102. The quantitative estimate of drug-likeness (QED) is 0.336. The summed E-state index contributed by atoms with van der Waals surface area (Å²) in [4.78, 5) is 12.9. The second-order valence-corrected chi connectivity index (χ2v) is 9.07. The van der Waals surface area contributed by atoms with Gasteiger partial charge in [-0.15, -0.1) is 0 Å². The Morgan fingerprint density at radius 3 is 2.30 bits per heavy atom. The van der Waals surface area contributed by atoms with E-state index in [-0.39, 0.29) is 5.91 Å². The minimum atomic E-state index is -0.234. The molecule has 0 aliphatic carbocycles. The number of aromatic nitrogens is 4. The highest BCUT2D eigenvalue weighted by Gasteiger charge is 2.13. The van der Waals surface area contributed by atoms with Crippen molar-refractivity contribution in [1.82, 2.24) is 19.6 Å². The maximum atomic E-state index is 12.9. The van der Waals surface area contributed by atoms with Crippen LogP contribution in [0, 0.1) is 20.8 Å². The normalized spacial score (nSPS) is 11.1. The molecule has 1 amide bonds. The Balaban J connectivity index is 1.47. The molecular formula is C24H22Cl3N5O. The van der Waals surface area contributed by atoms with E-state index in [1.807, 2.05) is 61.9 Å². The van der Waals surface area contributed by atoms with E-state index in [4.69, 9.17) is 34.8 Å². The number of halogens is 3. The van der Waals surface area contributed by atoms with Crippen LogP contribution in [0.4, 0.5) is 5.82 Å². The number of carbonyl (C=O) groups excluding carboxylic acids is 1. The standard InChI is InChI=1S/C24H22Cl3N5O/c1-14-9-22(30-31(14)12-18-7-8-20(25)21(26)11-18)28-24(33)19-6-4-5-17(10-19)13-32-16(3)23(27)15(2)29-32/h4-11H,12-13H2,1-3H3,(H,28,30,33). The highest BCUT2D eigenvalue weighted by Crippen LogP contribution is 2.24. The van der Waals surface area contributed by atoms with E-state index >= 15 is 0 Å². The Kier molecular flexibility index (Phi) is 6.79. The highest BCUT2D eigenvalue weighted by molar-refractivity contribution is 6.42. The molecule has 0 bridgehead atoms. The second-order valence-electron chi connectivity index (χ2n) is 7.87. The van der Waals surface area contributed by atoms with Crippen LogP contribution in [0.5, 0.6) is 0 Å². The lowest BCUT2D eigenvalue weighted by Crippen LogP contribution is -2.14. The second kappa shape index (κ2) is 9.59. The van der Waals surface area contributed by atoms with E-state index in [1.54, 1.807) is 16.8 Å². The van der Waals surface area contributed by atoms with Gasteiger partial charge in [-0.2, -0.15) is 10.2 Å². The third kappa shape index (κ3) is 5.24. The molecule has 0 aliphatic heterocycles. The fourth-order valence-electron chi connectivity index (χ4n) is 3.54. The van der Waals surface area contributed by atoms with E-state index in [9.17, 15) is 4.79 Å². The molecule has 0 unspecified atom stereocenters. The van der Waals surface area contributed by atoms with Crippen LogP contribution in [0.15, 0.2) is 48.5 Å². The van der Waals surface area contributed by atoms with E-state index < -0.39 is 0 Å². The molecule has 170 valence electrons. The van der Waals surface area contributed by atoms with Crippen molar-refractivity contribution in [3.63, 3.8) is 0 Å². The van der Waals surface area contributed by atoms with Gasteiger partial charge in [0.05, 0.1) is 39.5 Å². The van der Waals surface area contributed by atoms with Gasteiger partial charge in [-0.05, 0) is 56.2 Å². The molecule has 2 aromatic carbocycles. The smallest absolute Gasteiger partial charge is 0.256 e. The molecule has 0 saturated heterocycles. The Bertz CT molecular complexity index is 1340. The number of nitrogens with one attached hydrogen (secondary N) is 1. The molecule has 6 nitrogen and oxygen atoms in total. The molecule has 0 radical (unpaired) electrons. The highest BCUT2D eigenvalue weighted by atomic mass is 35.5. The van der Waals surface area contributed by atoms with Gasteiger partial charge in [-0.3, -0.25) is 14.2 Å². The van der Waals surface area contributed by atoms with Crippen molar-refractivity contribution >= 4 is 46.5 Å². The summed E-state index contributed by atoms with van der Waals surface area (Å²) in [6, 6.07) is 14.7. The SMILES string of the molecule is Cc1nn(Cc2cccc(C(=O)Nc3cc(C)n(Cc4ccc(Cl)c(Cl)c4)n3)c2)c(C)c1Cl. The Labute approximate surface area is 207 Å². The van der Waals surface area contributed by atoms with Crippen molar-refractivity contribution in [3.05, 3.63) is 97.4 Å². The van der Waals surface area contributed by atoms with Crippen LogP contribution in [0.3, 0.4) is 0 Å². The summed E-state index contributed by atoms with van der Waals surface area (Å²) in [5.74, 6) is 0.246. The predicted molar refractivity (Wildman–Crippen MR) is 133 cm³/mol. The van der Waals surface area contributed by atoms with E-state index in [0.717, 1.165) is 28.2 Å². The number of hydrogen-bond acceptors (Lipinski definition) is 3. The van der Waals surface area contributed by atoms with Crippen molar-refractivity contribution in [2.75, 3.05) is 5.32 Å². The van der Waals surface area contributed by atoms with Gasteiger partial charge in [0.2, 0.25) is 0 Å². The summed E-state index contributed by atoms with van der Waals surface area (Å²) in [7, 11) is 0. The number of rotatable bonds is 6. The summed E-state index contributed by atoms with van der Waals surface area (Å²) in [5.41, 5.74) is 5.04. The van der Waals surface area contributed by atoms with Crippen LogP contribution in [0.1, 0.15) is 38.6 Å². The summed E-state index contributed by atoms with van der Waals surface area (Å²) in [6.07, 6.45) is 0. The van der Waals surface area contributed by atoms with Gasteiger partial charge in [-0.25, -0.2) is 0 Å². The first-order valence-corrected chi connectivity index (χ1v) is 11.4. The van der Waals surface area contributed by atoms with E-state index in [1.165, 1.54) is 0 Å². The number of nitrogens with zero attached hydrogens (tertiary/aromatic N) is 4. The number of anilines is 1. The Morgan fingerprint density at radius 1 is 0.879 bits per heavy atom. The largest absolute Gasteiger partial charge is 0.305 e. The van der Waals surface area contributed by atoms with Crippen molar-refractivity contribution in [2.24, 2.45) is 0 Å².